The Balaban J connectivity index is -0.0000000573. The van der Waals surface area contributed by atoms with E-state index < -0.39 is 0 Å². The number of amides is 2. The van der Waals surface area contributed by atoms with E-state index in [9.17, 15) is 9.59 Å². The first-order valence-electron chi connectivity index (χ1n) is 55.2. The van der Waals surface area contributed by atoms with Gasteiger partial charge in [-0.1, -0.05) is 454 Å². The molecule has 10 aliphatic rings. The standard InChI is InChI=1S/C11H11NO2.2C6H12.C5H11N.C5H10O.C5H10.C4H10N2.C4H9NO.C4H9N.C4H8O.C4H4S.9C4H10.11C2H6/c1-7(2)12-10(13)8-5-3-4-6-9(8)11(12)14;1-5(2)6-3-4-6;3*1-2-4-6-5-3-1;1-2-4-5-3-1;1-2-6-4-3-5-1;1-3-6-4-2-5-1;3*1-2-4-5-3-1;9*1-4(2)3;11*1-2/h3-7H,1-2H3;5-6H,3-4H2,1-2H3;1-6H2;6H,1-5H2;1-5H2;1-5H2;5-6H,1-4H2;5H,1-4H2;5H,1-4H2;1-4H2;1-4H;9*4H,1-3H3;11*1-2H3. The summed E-state index contributed by atoms with van der Waals surface area (Å²) in [7, 11) is 0. The van der Waals surface area contributed by atoms with Crippen molar-refractivity contribution in [2.75, 3.05) is 105 Å². The number of rotatable bonds is 2. The molecule has 3 saturated carbocycles. The summed E-state index contributed by atoms with van der Waals surface area (Å²) in [5.74, 6) is 9.20. The number of piperazine rings is 1. The lowest BCUT2D eigenvalue weighted by Gasteiger charge is -2.17. The van der Waals surface area contributed by atoms with Crippen molar-refractivity contribution in [2.45, 2.75) is 521 Å². The van der Waals surface area contributed by atoms with Crippen molar-refractivity contribution in [1.29, 1.82) is 0 Å². The Hall–Kier alpha value is -2.26. The average molecular weight is 1850 g/mol. The summed E-state index contributed by atoms with van der Waals surface area (Å²) in [4.78, 5) is 24.8. The molecule has 8 heterocycles. The summed E-state index contributed by atoms with van der Waals surface area (Å²) >= 11 is 1.71. The Morgan fingerprint density at radius 3 is 0.516 bits per heavy atom. The number of hydrogen-bond donors (Lipinski definition) is 5. The number of nitrogens with one attached hydrogen (secondary N) is 5. The lowest BCUT2D eigenvalue weighted by atomic mass is 10.0. The number of morpholine rings is 1. The number of carbonyl (C=O) groups excluding carboxylic acids is 2. The normalized spacial score (nSPS) is 14.5. The molecule has 0 spiro atoms. The Morgan fingerprint density at radius 2 is 0.414 bits per heavy atom. The van der Waals surface area contributed by atoms with E-state index in [0.717, 1.165) is 144 Å². The second-order valence-electron chi connectivity index (χ2n) is 35.6. The highest BCUT2D eigenvalue weighted by Gasteiger charge is 2.36. The molecule has 0 bridgehead atoms. The number of fused-ring (bicyclic) bond motifs is 1. The number of piperidine rings is 1. The maximum absolute atomic E-state index is 11.8. The molecule has 5 N–H and O–H groups in total. The SMILES string of the molecule is C1CCCC1.C1CCCCC1.C1CCNC1.C1CCNCC1.C1CCOC1.C1CCOCC1.C1CNCCN1.C1COCCN1.CC.CC.CC.CC.CC.CC.CC.CC.CC.CC.CC.CC(C)C.CC(C)C.CC(C)C.CC(C)C.CC(C)C.CC(C)C.CC(C)C.CC(C)C.CC(C)C.CC(C)C1CC1.CC(C)N1C(=O)c2ccccc2C1=O.c1ccsc1. The van der Waals surface area contributed by atoms with Gasteiger partial charge < -0.3 is 40.8 Å². The molecular weight excluding hydrogens is 1590 g/mol. The zero-order chi connectivity index (χ0) is 104. The smallest absolute Gasteiger partial charge is 0.261 e. The number of imide groups is 1. The van der Waals surface area contributed by atoms with Gasteiger partial charge in [0.05, 0.1) is 24.3 Å². The van der Waals surface area contributed by atoms with Gasteiger partial charge in [-0.3, -0.25) is 14.5 Å². The van der Waals surface area contributed by atoms with Crippen LogP contribution in [0.5, 0.6) is 0 Å². The minimum Gasteiger partial charge on any atom is -0.381 e. The van der Waals surface area contributed by atoms with Gasteiger partial charge in [-0.15, -0.1) is 0 Å². The molecule has 12 heteroatoms. The number of ether oxygens (including phenoxy) is 3. The second kappa shape index (κ2) is 174. The van der Waals surface area contributed by atoms with E-state index >= 15 is 0 Å². The van der Waals surface area contributed by atoms with Crippen LogP contribution >= 0.6 is 11.3 Å². The van der Waals surface area contributed by atoms with E-state index in [2.05, 4.69) is 227 Å². The predicted octanol–water partition coefficient (Wildman–Crippen LogP) is 37.9. The number of hydrogen-bond acceptors (Lipinski definition) is 11. The molecule has 12 rings (SSSR count). The summed E-state index contributed by atoms with van der Waals surface area (Å²) in [6.45, 7) is 128. The molecule has 0 atom stereocenters. The fourth-order valence-corrected chi connectivity index (χ4v) is 8.81. The second-order valence-corrected chi connectivity index (χ2v) is 36.4. The minimum absolute atomic E-state index is 0.0811. The number of benzene rings is 1. The van der Waals surface area contributed by atoms with Crippen LogP contribution < -0.4 is 26.6 Å². The summed E-state index contributed by atoms with van der Waals surface area (Å²) < 4.78 is 15.0. The molecule has 2 amide bonds. The lowest BCUT2D eigenvalue weighted by molar-refractivity contribution is 0.0608. The molecule has 3 aliphatic carbocycles. The van der Waals surface area contributed by atoms with Crippen molar-refractivity contribution in [3.8, 4) is 0 Å². The fraction of sp³-hybridized carbons (Fsp3) is 0.897. The van der Waals surface area contributed by atoms with E-state index in [1.165, 1.54) is 179 Å². The van der Waals surface area contributed by atoms with Crippen LogP contribution in [0.4, 0.5) is 0 Å². The van der Waals surface area contributed by atoms with Crippen LogP contribution in [0.25, 0.3) is 0 Å². The van der Waals surface area contributed by atoms with Gasteiger partial charge in [0.25, 0.3) is 11.8 Å². The van der Waals surface area contributed by atoms with Crippen LogP contribution in [-0.4, -0.2) is 128 Å². The van der Waals surface area contributed by atoms with Crippen LogP contribution in [0.1, 0.15) is 535 Å². The van der Waals surface area contributed by atoms with Gasteiger partial charge in [-0.25, -0.2) is 0 Å². The van der Waals surface area contributed by atoms with Crippen molar-refractivity contribution in [3.05, 3.63) is 58.3 Å². The Labute approximate surface area is 822 Å². The first-order chi connectivity index (χ1) is 61.0. The van der Waals surface area contributed by atoms with Gasteiger partial charge >= 0.3 is 0 Å². The monoisotopic (exact) mass is 1850 g/mol. The highest BCUT2D eigenvalue weighted by molar-refractivity contribution is 7.07. The van der Waals surface area contributed by atoms with E-state index in [4.69, 9.17) is 14.2 Å². The largest absolute Gasteiger partial charge is 0.381 e. The Morgan fingerprint density at radius 1 is 0.242 bits per heavy atom. The van der Waals surface area contributed by atoms with Gasteiger partial charge in [0.15, 0.2) is 0 Å². The Kier molecular flexibility index (Phi) is 234. The minimum atomic E-state index is -0.180. The predicted molar refractivity (Wildman–Crippen MR) is 607 cm³/mol. The molecule has 6 saturated heterocycles. The van der Waals surface area contributed by atoms with E-state index in [-0.39, 0.29) is 17.9 Å². The fourth-order valence-electron chi connectivity index (χ4n) is 8.35. The van der Waals surface area contributed by atoms with Crippen molar-refractivity contribution >= 4 is 23.2 Å². The molecule has 9 fully saturated rings. The zero-order valence-electron chi connectivity index (χ0n) is 99.5. The Bertz CT molecular complexity index is 1510. The highest BCUT2D eigenvalue weighted by Crippen LogP contribution is 2.35. The number of carbonyl (C=O) groups is 2. The van der Waals surface area contributed by atoms with Crippen LogP contribution in [0.2, 0.25) is 0 Å². The third-order valence-electron chi connectivity index (χ3n) is 13.0. The highest BCUT2D eigenvalue weighted by atomic mass is 32.1. The molecular formula is C116H262N6O5S. The van der Waals surface area contributed by atoms with Crippen molar-refractivity contribution in [2.24, 2.45) is 65.1 Å². The quantitative estimate of drug-likeness (QED) is 0.186. The van der Waals surface area contributed by atoms with Crippen LogP contribution in [0, 0.1) is 65.1 Å². The van der Waals surface area contributed by atoms with Crippen LogP contribution in [0.3, 0.4) is 0 Å². The van der Waals surface area contributed by atoms with E-state index in [0.29, 0.717) is 11.1 Å². The third-order valence-corrected chi connectivity index (χ3v) is 13.6. The molecule has 1 aromatic heterocycles. The van der Waals surface area contributed by atoms with Gasteiger partial charge in [0.2, 0.25) is 0 Å². The molecule has 0 radical (unpaired) electrons. The van der Waals surface area contributed by atoms with Crippen LogP contribution in [-0.2, 0) is 14.2 Å². The molecule has 0 unspecified atom stereocenters. The maximum Gasteiger partial charge on any atom is 0.261 e. The molecule has 128 heavy (non-hydrogen) atoms. The molecule has 7 aliphatic heterocycles. The third kappa shape index (κ3) is 254. The summed E-state index contributed by atoms with van der Waals surface area (Å²) in [5, 5.41) is 20.2. The van der Waals surface area contributed by atoms with E-state index in [1.54, 1.807) is 35.6 Å². The van der Waals surface area contributed by atoms with Crippen molar-refractivity contribution in [3.63, 3.8) is 0 Å². The first kappa shape index (κ1) is 172. The average Bonchev–Trinajstić information content (AvgIpc) is 1.63. The first-order valence-corrected chi connectivity index (χ1v) is 56.2. The van der Waals surface area contributed by atoms with Crippen LogP contribution in [0.15, 0.2) is 47.2 Å². The van der Waals surface area contributed by atoms with Gasteiger partial charge in [0, 0.05) is 71.7 Å². The van der Waals surface area contributed by atoms with Gasteiger partial charge in [-0.2, -0.15) is 11.3 Å². The maximum atomic E-state index is 11.8. The summed E-state index contributed by atoms with van der Waals surface area (Å²) in [6, 6.07) is 10.9. The molecule has 2 aromatic rings. The van der Waals surface area contributed by atoms with Gasteiger partial charge in [-0.05, 0) is 199 Å². The van der Waals surface area contributed by atoms with Crippen molar-refractivity contribution in [1.82, 2.24) is 31.5 Å². The molecule has 11 nitrogen and oxygen atoms in total. The summed E-state index contributed by atoms with van der Waals surface area (Å²) in [5.41, 5.74) is 1.04. The molecule has 1 aromatic carbocycles. The van der Waals surface area contributed by atoms with Crippen molar-refractivity contribution < 1.29 is 23.8 Å². The zero-order valence-corrected chi connectivity index (χ0v) is 100. The topological polar surface area (TPSA) is 125 Å². The molecule has 792 valence electrons. The number of nitrogens with zero attached hydrogens (tertiary/aromatic N) is 1. The van der Waals surface area contributed by atoms with Gasteiger partial charge in [0.1, 0.15) is 0 Å². The summed E-state index contributed by atoms with van der Waals surface area (Å²) in [6.07, 6.45) is 33.0. The lowest BCUT2D eigenvalue weighted by Crippen LogP contribution is -2.39. The van der Waals surface area contributed by atoms with E-state index in [1.807, 2.05) is 189 Å². The number of thiophene rings is 1.